The topological polar surface area (TPSA) is 84.9 Å². The molecule has 31 heavy (non-hydrogen) atoms. The Labute approximate surface area is 184 Å². The number of amides is 1. The first-order valence-corrected chi connectivity index (χ1v) is 9.70. The highest BCUT2D eigenvalue weighted by atomic mass is 35.5. The van der Waals surface area contributed by atoms with Gasteiger partial charge in [0.15, 0.2) is 11.5 Å². The average Bonchev–Trinajstić information content (AvgIpc) is 2.79. The summed E-state index contributed by atoms with van der Waals surface area (Å²) >= 11 is 5.89. The molecule has 1 amide bonds. The van der Waals surface area contributed by atoms with Crippen molar-refractivity contribution in [3.63, 3.8) is 0 Å². The van der Waals surface area contributed by atoms with E-state index in [1.54, 1.807) is 60.7 Å². The van der Waals surface area contributed by atoms with Gasteiger partial charge in [0.05, 0.1) is 7.11 Å². The molecule has 2 N–H and O–H groups in total. The molecule has 3 rings (SSSR count). The van der Waals surface area contributed by atoms with Gasteiger partial charge in [0.1, 0.15) is 12.3 Å². The van der Waals surface area contributed by atoms with Crippen molar-refractivity contribution in [2.24, 2.45) is 0 Å². The van der Waals surface area contributed by atoms with E-state index < -0.39 is 11.9 Å². The summed E-state index contributed by atoms with van der Waals surface area (Å²) in [5, 5.41) is 12.6. The van der Waals surface area contributed by atoms with E-state index in [1.807, 2.05) is 12.1 Å². The van der Waals surface area contributed by atoms with Gasteiger partial charge in [0.25, 0.3) is 5.91 Å². The fourth-order valence-electron chi connectivity index (χ4n) is 2.74. The Balaban J connectivity index is 1.77. The molecule has 0 saturated carbocycles. The normalized spacial score (nSPS) is 11.0. The fourth-order valence-corrected chi connectivity index (χ4v) is 2.86. The standard InChI is InChI=1S/C24H20ClNO5/c1-30-22-14-17(9-12-21(22)31-15-16-7-10-19(25)11-8-16)13-20(24(28)29)26-23(27)18-5-3-2-4-6-18/h2-14H,15H2,1H3,(H,26,27)(H,28,29)/b20-13+. The Morgan fingerprint density at radius 2 is 1.71 bits per heavy atom. The number of rotatable bonds is 8. The first-order chi connectivity index (χ1) is 15.0. The number of methoxy groups -OCH3 is 1. The van der Waals surface area contributed by atoms with Gasteiger partial charge in [-0.2, -0.15) is 0 Å². The van der Waals surface area contributed by atoms with Gasteiger partial charge in [-0.05, 0) is 53.6 Å². The predicted octanol–water partition coefficient (Wildman–Crippen LogP) is 4.78. The van der Waals surface area contributed by atoms with Gasteiger partial charge >= 0.3 is 5.97 Å². The zero-order valence-corrected chi connectivity index (χ0v) is 17.4. The second kappa shape index (κ2) is 10.3. The average molecular weight is 438 g/mol. The monoisotopic (exact) mass is 437 g/mol. The van der Waals surface area contributed by atoms with Crippen LogP contribution in [0, 0.1) is 0 Å². The molecule has 0 aliphatic rings. The van der Waals surface area contributed by atoms with E-state index >= 15 is 0 Å². The molecular weight excluding hydrogens is 418 g/mol. The number of benzene rings is 3. The van der Waals surface area contributed by atoms with Gasteiger partial charge in [0, 0.05) is 10.6 Å². The van der Waals surface area contributed by atoms with Crippen LogP contribution >= 0.6 is 11.6 Å². The van der Waals surface area contributed by atoms with Crippen LogP contribution in [0.4, 0.5) is 0 Å². The summed E-state index contributed by atoms with van der Waals surface area (Å²) in [7, 11) is 1.49. The molecule has 3 aromatic carbocycles. The van der Waals surface area contributed by atoms with E-state index in [-0.39, 0.29) is 5.70 Å². The molecule has 0 fully saturated rings. The summed E-state index contributed by atoms with van der Waals surface area (Å²) in [6.07, 6.45) is 1.36. The lowest BCUT2D eigenvalue weighted by Crippen LogP contribution is -2.27. The number of nitrogens with one attached hydrogen (secondary N) is 1. The Kier molecular flexibility index (Phi) is 7.30. The van der Waals surface area contributed by atoms with Crippen LogP contribution in [0.2, 0.25) is 5.02 Å². The highest BCUT2D eigenvalue weighted by Crippen LogP contribution is 2.29. The first-order valence-electron chi connectivity index (χ1n) is 9.33. The number of carboxylic acids is 1. The molecular formula is C24H20ClNO5. The van der Waals surface area contributed by atoms with Crippen molar-refractivity contribution in [2.45, 2.75) is 6.61 Å². The molecule has 3 aromatic rings. The number of halogens is 1. The van der Waals surface area contributed by atoms with Crippen molar-refractivity contribution in [3.8, 4) is 11.5 Å². The molecule has 0 saturated heterocycles. The number of carbonyl (C=O) groups is 2. The molecule has 158 valence electrons. The maximum Gasteiger partial charge on any atom is 0.352 e. The zero-order chi connectivity index (χ0) is 22.2. The summed E-state index contributed by atoms with van der Waals surface area (Å²) < 4.78 is 11.2. The van der Waals surface area contributed by atoms with Crippen LogP contribution in [0.15, 0.2) is 78.5 Å². The van der Waals surface area contributed by atoms with E-state index in [0.29, 0.717) is 34.3 Å². The molecule has 7 heteroatoms. The van der Waals surface area contributed by atoms with Gasteiger partial charge in [-0.15, -0.1) is 0 Å². The molecule has 0 aliphatic heterocycles. The van der Waals surface area contributed by atoms with E-state index in [1.165, 1.54) is 13.2 Å². The van der Waals surface area contributed by atoms with Gasteiger partial charge in [-0.25, -0.2) is 4.79 Å². The summed E-state index contributed by atoms with van der Waals surface area (Å²) in [5.74, 6) is -0.836. The minimum Gasteiger partial charge on any atom is -0.493 e. The third kappa shape index (κ3) is 6.10. The molecule has 0 bridgehead atoms. The quantitative estimate of drug-likeness (QED) is 0.495. The highest BCUT2D eigenvalue weighted by molar-refractivity contribution is 6.30. The molecule has 0 spiro atoms. The summed E-state index contributed by atoms with van der Waals surface area (Å²) in [6.45, 7) is 0.316. The highest BCUT2D eigenvalue weighted by Gasteiger charge is 2.14. The second-order valence-electron chi connectivity index (χ2n) is 6.51. The largest absolute Gasteiger partial charge is 0.493 e. The lowest BCUT2D eigenvalue weighted by Gasteiger charge is -2.12. The van der Waals surface area contributed by atoms with Crippen molar-refractivity contribution >= 4 is 29.6 Å². The maximum absolute atomic E-state index is 12.3. The van der Waals surface area contributed by atoms with Crippen LogP contribution < -0.4 is 14.8 Å². The number of aliphatic carboxylic acids is 1. The number of hydrogen-bond acceptors (Lipinski definition) is 4. The molecule has 0 heterocycles. The maximum atomic E-state index is 12.3. The van der Waals surface area contributed by atoms with Crippen LogP contribution in [0.5, 0.6) is 11.5 Å². The van der Waals surface area contributed by atoms with E-state index in [4.69, 9.17) is 21.1 Å². The smallest absolute Gasteiger partial charge is 0.352 e. The van der Waals surface area contributed by atoms with Gasteiger partial charge in [-0.1, -0.05) is 48.0 Å². The van der Waals surface area contributed by atoms with Crippen LogP contribution in [0.1, 0.15) is 21.5 Å². The van der Waals surface area contributed by atoms with Gasteiger partial charge < -0.3 is 19.9 Å². The van der Waals surface area contributed by atoms with Gasteiger partial charge in [0.2, 0.25) is 0 Å². The molecule has 0 aliphatic carbocycles. The van der Waals surface area contributed by atoms with Crippen molar-refractivity contribution in [1.82, 2.24) is 5.32 Å². The van der Waals surface area contributed by atoms with Crippen LogP contribution in [-0.2, 0) is 11.4 Å². The van der Waals surface area contributed by atoms with Crippen LogP contribution in [-0.4, -0.2) is 24.1 Å². The molecule has 0 radical (unpaired) electrons. The van der Waals surface area contributed by atoms with Crippen molar-refractivity contribution in [1.29, 1.82) is 0 Å². The Morgan fingerprint density at radius 3 is 2.35 bits per heavy atom. The van der Waals surface area contributed by atoms with E-state index in [0.717, 1.165) is 5.56 Å². The summed E-state index contributed by atoms with van der Waals surface area (Å²) in [4.78, 5) is 23.9. The number of hydrogen-bond donors (Lipinski definition) is 2. The minimum atomic E-state index is -1.26. The van der Waals surface area contributed by atoms with Gasteiger partial charge in [-0.3, -0.25) is 4.79 Å². The van der Waals surface area contributed by atoms with Crippen molar-refractivity contribution < 1.29 is 24.2 Å². The molecule has 6 nitrogen and oxygen atoms in total. The van der Waals surface area contributed by atoms with E-state index in [2.05, 4.69) is 5.32 Å². The lowest BCUT2D eigenvalue weighted by atomic mass is 10.1. The predicted molar refractivity (Wildman–Crippen MR) is 118 cm³/mol. The third-order valence-corrected chi connectivity index (χ3v) is 4.57. The molecule has 0 unspecified atom stereocenters. The third-order valence-electron chi connectivity index (χ3n) is 4.32. The fraction of sp³-hybridized carbons (Fsp3) is 0.0833. The zero-order valence-electron chi connectivity index (χ0n) is 16.7. The SMILES string of the molecule is COc1cc(/C=C(/NC(=O)c2ccccc2)C(=O)O)ccc1OCc1ccc(Cl)cc1. The van der Waals surface area contributed by atoms with E-state index in [9.17, 15) is 14.7 Å². The number of carbonyl (C=O) groups excluding carboxylic acids is 1. The second-order valence-corrected chi connectivity index (χ2v) is 6.95. The van der Waals surface area contributed by atoms with Crippen molar-refractivity contribution in [3.05, 3.63) is 100 Å². The first kappa shape index (κ1) is 21.9. The molecule has 0 aromatic heterocycles. The van der Waals surface area contributed by atoms with Crippen LogP contribution in [0.25, 0.3) is 6.08 Å². The number of carboxylic acid groups (broad SMARTS) is 1. The number of ether oxygens (including phenoxy) is 2. The van der Waals surface area contributed by atoms with Crippen molar-refractivity contribution in [2.75, 3.05) is 7.11 Å². The Hall–Kier alpha value is -3.77. The Bertz CT molecular complexity index is 1090. The summed E-state index contributed by atoms with van der Waals surface area (Å²) in [6, 6.07) is 20.7. The van der Waals surface area contributed by atoms with Crippen LogP contribution in [0.3, 0.4) is 0 Å². The molecule has 0 atom stereocenters. The summed E-state index contributed by atoms with van der Waals surface area (Å²) in [5.41, 5.74) is 1.57. The lowest BCUT2D eigenvalue weighted by molar-refractivity contribution is -0.132. The Morgan fingerprint density at radius 1 is 1.00 bits per heavy atom. The minimum absolute atomic E-state index is 0.259.